The van der Waals surface area contributed by atoms with Crippen molar-refractivity contribution in [1.29, 1.82) is 0 Å². The Morgan fingerprint density at radius 1 is 0.769 bits per heavy atom. The Bertz CT molecular complexity index is 543. The molecule has 0 saturated carbocycles. The van der Waals surface area contributed by atoms with Gasteiger partial charge in [-0.15, -0.1) is 0 Å². The fourth-order valence-electron chi connectivity index (χ4n) is 4.07. The van der Waals surface area contributed by atoms with Gasteiger partial charge in [-0.1, -0.05) is 108 Å². The van der Waals surface area contributed by atoms with Gasteiger partial charge in [-0.3, -0.25) is 0 Å². The second-order valence-electron chi connectivity index (χ2n) is 8.10. The first-order valence-corrected chi connectivity index (χ1v) is 11.5. The molecule has 0 bridgehead atoms. The third-order valence-electron chi connectivity index (χ3n) is 5.75. The molecule has 26 heavy (non-hydrogen) atoms. The van der Waals surface area contributed by atoms with Gasteiger partial charge in [-0.05, 0) is 43.2 Å². The lowest BCUT2D eigenvalue weighted by Gasteiger charge is -2.11. The number of aryl methyl sites for hydroxylation is 2. The van der Waals surface area contributed by atoms with Crippen molar-refractivity contribution in [2.24, 2.45) is 0 Å². The summed E-state index contributed by atoms with van der Waals surface area (Å²) in [5, 5.41) is 0. The molecular weight excluding hydrogens is 312 g/mol. The summed E-state index contributed by atoms with van der Waals surface area (Å²) in [7, 11) is 0. The van der Waals surface area contributed by atoms with Crippen LogP contribution < -0.4 is 0 Å². The summed E-state index contributed by atoms with van der Waals surface area (Å²) >= 11 is 0. The third-order valence-corrected chi connectivity index (χ3v) is 5.75. The lowest BCUT2D eigenvalue weighted by atomic mass is 9.93. The van der Waals surface area contributed by atoms with E-state index in [1.165, 1.54) is 119 Å². The highest BCUT2D eigenvalue weighted by molar-refractivity contribution is 5.47. The molecule has 0 amide bonds. The molecule has 0 N–H and O–H groups in total. The quantitative estimate of drug-likeness (QED) is 0.372. The van der Waals surface area contributed by atoms with Crippen molar-refractivity contribution >= 4 is 0 Å². The highest BCUT2D eigenvalue weighted by Gasteiger charge is 2.07. The standard InChI is InChI=1S/C26H40/c1-2-3-4-15-19-24-21-18-22-25-20-16-13-11-9-7-5-6-8-10-12-14-17-23-26(24)25/h18,21-22H,2-16,19-20H2,1H3. The number of unbranched alkanes of at least 4 members (excludes halogenated alkanes) is 3. The van der Waals surface area contributed by atoms with E-state index in [2.05, 4.69) is 37.0 Å². The molecular formula is C26H40. The van der Waals surface area contributed by atoms with Crippen LogP contribution in [0.4, 0.5) is 0 Å². The zero-order valence-corrected chi connectivity index (χ0v) is 17.3. The van der Waals surface area contributed by atoms with Crippen LogP contribution in [0.3, 0.4) is 0 Å². The zero-order valence-electron chi connectivity index (χ0n) is 17.3. The van der Waals surface area contributed by atoms with Gasteiger partial charge in [-0.2, -0.15) is 0 Å². The van der Waals surface area contributed by atoms with Crippen molar-refractivity contribution in [3.05, 3.63) is 34.9 Å². The Labute approximate surface area is 163 Å². The van der Waals surface area contributed by atoms with Crippen LogP contribution in [0.15, 0.2) is 18.2 Å². The molecule has 0 aromatic heterocycles. The van der Waals surface area contributed by atoms with Crippen molar-refractivity contribution in [2.45, 2.75) is 116 Å². The minimum absolute atomic E-state index is 1.07. The van der Waals surface area contributed by atoms with Crippen molar-refractivity contribution in [3.8, 4) is 11.8 Å². The van der Waals surface area contributed by atoms with E-state index in [1.54, 1.807) is 0 Å². The minimum atomic E-state index is 1.07. The summed E-state index contributed by atoms with van der Waals surface area (Å²) in [6.45, 7) is 2.29. The predicted octanol–water partition coefficient (Wildman–Crippen LogP) is 8.01. The van der Waals surface area contributed by atoms with Gasteiger partial charge in [0.25, 0.3) is 0 Å². The average Bonchev–Trinajstić information content (AvgIpc) is 2.65. The number of benzene rings is 1. The van der Waals surface area contributed by atoms with Crippen LogP contribution in [-0.2, 0) is 12.8 Å². The Morgan fingerprint density at radius 2 is 1.46 bits per heavy atom. The van der Waals surface area contributed by atoms with E-state index in [0.717, 1.165) is 6.42 Å². The molecule has 0 nitrogen and oxygen atoms in total. The summed E-state index contributed by atoms with van der Waals surface area (Å²) in [5.41, 5.74) is 4.40. The Hall–Kier alpha value is -1.22. The number of hydrogen-bond donors (Lipinski definition) is 0. The molecule has 0 saturated heterocycles. The van der Waals surface area contributed by atoms with E-state index < -0.39 is 0 Å². The number of fused-ring (bicyclic) bond motifs is 1. The van der Waals surface area contributed by atoms with Crippen LogP contribution >= 0.6 is 0 Å². The van der Waals surface area contributed by atoms with Gasteiger partial charge in [0.2, 0.25) is 0 Å². The Kier molecular flexibility index (Phi) is 11.3. The molecule has 1 aliphatic carbocycles. The molecule has 1 aliphatic rings. The molecule has 0 aliphatic heterocycles. The summed E-state index contributed by atoms with van der Waals surface area (Å²) in [4.78, 5) is 0. The van der Waals surface area contributed by atoms with Crippen molar-refractivity contribution in [3.63, 3.8) is 0 Å². The first kappa shape index (κ1) is 21.1. The van der Waals surface area contributed by atoms with Crippen molar-refractivity contribution < 1.29 is 0 Å². The van der Waals surface area contributed by atoms with Crippen LogP contribution in [0.1, 0.15) is 120 Å². The third kappa shape index (κ3) is 8.44. The normalized spacial score (nSPS) is 17.1. The monoisotopic (exact) mass is 352 g/mol. The lowest BCUT2D eigenvalue weighted by molar-refractivity contribution is 0.553. The number of hydrogen-bond acceptors (Lipinski definition) is 0. The maximum atomic E-state index is 3.60. The zero-order chi connectivity index (χ0) is 18.3. The summed E-state index contributed by atoms with van der Waals surface area (Å²) in [5.74, 6) is 7.12. The van der Waals surface area contributed by atoms with Gasteiger partial charge in [0.05, 0.1) is 0 Å². The van der Waals surface area contributed by atoms with Gasteiger partial charge < -0.3 is 0 Å². The van der Waals surface area contributed by atoms with Crippen LogP contribution in [0.2, 0.25) is 0 Å². The molecule has 0 fully saturated rings. The SMILES string of the molecule is CCCCCCc1cccc2c1C#CCCCCCCCCCCCC2. The van der Waals surface area contributed by atoms with Gasteiger partial charge in [-0.25, -0.2) is 0 Å². The van der Waals surface area contributed by atoms with E-state index in [0.29, 0.717) is 0 Å². The van der Waals surface area contributed by atoms with Gasteiger partial charge >= 0.3 is 0 Å². The fraction of sp³-hybridized carbons (Fsp3) is 0.692. The molecule has 0 heteroatoms. The summed E-state index contributed by atoms with van der Waals surface area (Å²) in [6.07, 6.45) is 22.7. The Morgan fingerprint density at radius 3 is 2.19 bits per heavy atom. The second kappa shape index (κ2) is 13.9. The topological polar surface area (TPSA) is 0 Å². The van der Waals surface area contributed by atoms with E-state index >= 15 is 0 Å². The van der Waals surface area contributed by atoms with E-state index in [-0.39, 0.29) is 0 Å². The van der Waals surface area contributed by atoms with Gasteiger partial charge in [0, 0.05) is 12.0 Å². The first-order chi connectivity index (χ1) is 12.9. The Balaban J connectivity index is 2.05. The smallest absolute Gasteiger partial charge is 0.0309 e. The van der Waals surface area contributed by atoms with Gasteiger partial charge in [0.1, 0.15) is 0 Å². The maximum absolute atomic E-state index is 3.60. The van der Waals surface area contributed by atoms with Crippen LogP contribution in [0.5, 0.6) is 0 Å². The molecule has 1 aromatic rings. The van der Waals surface area contributed by atoms with Gasteiger partial charge in [0.15, 0.2) is 0 Å². The van der Waals surface area contributed by atoms with Crippen molar-refractivity contribution in [2.75, 3.05) is 0 Å². The molecule has 2 rings (SSSR count). The molecule has 0 spiro atoms. The molecule has 0 heterocycles. The highest BCUT2D eigenvalue weighted by atomic mass is 14.1. The van der Waals surface area contributed by atoms with Crippen LogP contribution in [0, 0.1) is 11.8 Å². The van der Waals surface area contributed by atoms with E-state index in [4.69, 9.17) is 0 Å². The predicted molar refractivity (Wildman–Crippen MR) is 116 cm³/mol. The molecule has 144 valence electrons. The highest BCUT2D eigenvalue weighted by Crippen LogP contribution is 2.20. The average molecular weight is 353 g/mol. The largest absolute Gasteiger partial charge is 0.0979 e. The molecule has 0 atom stereocenters. The molecule has 0 radical (unpaired) electrons. The molecule has 0 unspecified atom stereocenters. The molecule has 1 aromatic carbocycles. The second-order valence-corrected chi connectivity index (χ2v) is 8.10. The lowest BCUT2D eigenvalue weighted by Crippen LogP contribution is -1.98. The van der Waals surface area contributed by atoms with Crippen LogP contribution in [-0.4, -0.2) is 0 Å². The maximum Gasteiger partial charge on any atom is 0.0309 e. The number of rotatable bonds is 5. The summed E-state index contributed by atoms with van der Waals surface area (Å²) < 4.78 is 0. The minimum Gasteiger partial charge on any atom is -0.0979 e. The first-order valence-electron chi connectivity index (χ1n) is 11.5. The van der Waals surface area contributed by atoms with Crippen molar-refractivity contribution in [1.82, 2.24) is 0 Å². The summed E-state index contributed by atoms with van der Waals surface area (Å²) in [6, 6.07) is 6.94. The van der Waals surface area contributed by atoms with Crippen LogP contribution in [0.25, 0.3) is 0 Å². The fourth-order valence-corrected chi connectivity index (χ4v) is 4.07. The van der Waals surface area contributed by atoms with E-state index in [1.807, 2.05) is 0 Å². The van der Waals surface area contributed by atoms with E-state index in [9.17, 15) is 0 Å².